The Hall–Kier alpha value is -2.95. The lowest BCUT2D eigenvalue weighted by Gasteiger charge is -2.22. The van der Waals surface area contributed by atoms with Crippen LogP contribution in [0.15, 0.2) is 46.3 Å². The van der Waals surface area contributed by atoms with Crippen LogP contribution in [0.25, 0.3) is 10.9 Å². The van der Waals surface area contributed by atoms with Gasteiger partial charge in [0.05, 0.1) is 34.4 Å². The number of esters is 1. The van der Waals surface area contributed by atoms with Crippen LogP contribution in [-0.2, 0) is 9.53 Å². The third kappa shape index (κ3) is 5.83. The SMILES string of the molecule is CCOC(=O)COc1c(I)cc(C=Nn2c(C3CCCCC3)nc3ccccc3c2=O)cc1OC. The molecule has 0 spiro atoms. The molecular formula is C26H28IN3O5. The minimum atomic E-state index is -0.450. The lowest BCUT2D eigenvalue weighted by Crippen LogP contribution is -2.25. The zero-order valence-electron chi connectivity index (χ0n) is 19.8. The van der Waals surface area contributed by atoms with Gasteiger partial charge in [-0.1, -0.05) is 31.4 Å². The number of ether oxygens (including phenoxy) is 3. The van der Waals surface area contributed by atoms with Crippen molar-refractivity contribution in [3.05, 3.63) is 61.7 Å². The fourth-order valence-corrected chi connectivity index (χ4v) is 5.07. The summed E-state index contributed by atoms with van der Waals surface area (Å²) in [7, 11) is 1.53. The molecule has 0 N–H and O–H groups in total. The molecule has 0 atom stereocenters. The summed E-state index contributed by atoms with van der Waals surface area (Å²) in [5.74, 6) is 1.37. The van der Waals surface area contributed by atoms with E-state index in [9.17, 15) is 9.59 Å². The summed E-state index contributed by atoms with van der Waals surface area (Å²) < 4.78 is 18.2. The molecule has 35 heavy (non-hydrogen) atoms. The lowest BCUT2D eigenvalue weighted by molar-refractivity contribution is -0.145. The van der Waals surface area contributed by atoms with Crippen molar-refractivity contribution in [2.24, 2.45) is 5.10 Å². The summed E-state index contributed by atoms with van der Waals surface area (Å²) in [5.41, 5.74) is 1.25. The molecular weight excluding hydrogens is 561 g/mol. The molecule has 4 rings (SSSR count). The van der Waals surface area contributed by atoms with Gasteiger partial charge >= 0.3 is 5.97 Å². The summed E-state index contributed by atoms with van der Waals surface area (Å²) in [4.78, 5) is 29.9. The van der Waals surface area contributed by atoms with E-state index in [4.69, 9.17) is 19.2 Å². The second-order valence-corrected chi connectivity index (χ2v) is 9.47. The Bertz CT molecular complexity index is 1300. The number of nitrogens with zero attached hydrogens (tertiary/aromatic N) is 3. The van der Waals surface area contributed by atoms with E-state index < -0.39 is 5.97 Å². The summed E-state index contributed by atoms with van der Waals surface area (Å²) in [6, 6.07) is 11.0. The first-order chi connectivity index (χ1) is 17.0. The van der Waals surface area contributed by atoms with Gasteiger partial charge < -0.3 is 14.2 Å². The van der Waals surface area contributed by atoms with Crippen molar-refractivity contribution in [1.82, 2.24) is 9.66 Å². The molecule has 1 aliphatic carbocycles. The van der Waals surface area contributed by atoms with E-state index in [2.05, 4.69) is 27.7 Å². The highest BCUT2D eigenvalue weighted by Gasteiger charge is 2.22. The summed E-state index contributed by atoms with van der Waals surface area (Å²) in [6.07, 6.45) is 7.08. The van der Waals surface area contributed by atoms with Crippen LogP contribution in [0.5, 0.6) is 11.5 Å². The molecule has 0 unspecified atom stereocenters. The molecule has 8 nitrogen and oxygen atoms in total. The van der Waals surface area contributed by atoms with Gasteiger partial charge in [-0.15, -0.1) is 0 Å². The van der Waals surface area contributed by atoms with Crippen molar-refractivity contribution < 1.29 is 19.0 Å². The van der Waals surface area contributed by atoms with E-state index >= 15 is 0 Å². The third-order valence-electron chi connectivity index (χ3n) is 5.96. The molecule has 0 aliphatic heterocycles. The number of para-hydroxylation sites is 1. The maximum absolute atomic E-state index is 13.4. The van der Waals surface area contributed by atoms with Crippen LogP contribution in [0.1, 0.15) is 56.3 Å². The molecule has 0 amide bonds. The molecule has 0 radical (unpaired) electrons. The highest BCUT2D eigenvalue weighted by atomic mass is 127. The molecule has 1 saturated carbocycles. The van der Waals surface area contributed by atoms with Gasteiger partial charge in [0.15, 0.2) is 18.1 Å². The van der Waals surface area contributed by atoms with Crippen molar-refractivity contribution in [3.63, 3.8) is 0 Å². The van der Waals surface area contributed by atoms with E-state index in [1.54, 1.807) is 25.3 Å². The predicted molar refractivity (Wildman–Crippen MR) is 143 cm³/mol. The zero-order valence-corrected chi connectivity index (χ0v) is 22.0. The fourth-order valence-electron chi connectivity index (χ4n) is 4.29. The van der Waals surface area contributed by atoms with Crippen molar-refractivity contribution in [1.29, 1.82) is 0 Å². The molecule has 0 saturated heterocycles. The average Bonchev–Trinajstić information content (AvgIpc) is 2.87. The number of aromatic nitrogens is 2. The highest BCUT2D eigenvalue weighted by molar-refractivity contribution is 14.1. The molecule has 9 heteroatoms. The van der Waals surface area contributed by atoms with Gasteiger partial charge in [-0.2, -0.15) is 9.78 Å². The van der Waals surface area contributed by atoms with Crippen LogP contribution in [-0.4, -0.2) is 42.2 Å². The Morgan fingerprint density at radius 1 is 1.23 bits per heavy atom. The second-order valence-electron chi connectivity index (χ2n) is 8.31. The van der Waals surface area contributed by atoms with Gasteiger partial charge in [-0.3, -0.25) is 4.79 Å². The quantitative estimate of drug-likeness (QED) is 0.211. The molecule has 2 aromatic carbocycles. The van der Waals surface area contributed by atoms with Crippen molar-refractivity contribution in [2.45, 2.75) is 44.9 Å². The molecule has 1 aliphatic rings. The molecule has 184 valence electrons. The monoisotopic (exact) mass is 589 g/mol. The van der Waals surface area contributed by atoms with Gasteiger partial charge in [0.1, 0.15) is 5.82 Å². The first kappa shape index (κ1) is 25.2. The molecule has 1 aromatic heterocycles. The highest BCUT2D eigenvalue weighted by Crippen LogP contribution is 2.34. The third-order valence-corrected chi connectivity index (χ3v) is 6.76. The Labute approximate surface area is 217 Å². The van der Waals surface area contributed by atoms with Crippen LogP contribution in [0.2, 0.25) is 0 Å². The standard InChI is InChI=1S/C26H28IN3O5/c1-3-34-23(31)16-35-24-20(27)13-17(14-22(24)33-2)15-28-30-25(18-9-5-4-6-10-18)29-21-12-8-7-11-19(21)26(30)32/h7-8,11-15,18H,3-6,9-10,16H2,1-2H3. The number of carbonyl (C=O) groups is 1. The number of benzene rings is 2. The normalized spacial score (nSPS) is 14.4. The number of rotatable bonds is 8. The van der Waals surface area contributed by atoms with Crippen molar-refractivity contribution >= 4 is 45.7 Å². The number of carbonyl (C=O) groups excluding carboxylic acids is 1. The van der Waals surface area contributed by atoms with Gasteiger partial charge in [0, 0.05) is 5.92 Å². The van der Waals surface area contributed by atoms with Crippen LogP contribution < -0.4 is 15.0 Å². The van der Waals surface area contributed by atoms with Gasteiger partial charge in [-0.05, 0) is 72.2 Å². The Kier molecular flexibility index (Phi) is 8.37. The van der Waals surface area contributed by atoms with E-state index in [1.807, 2.05) is 24.3 Å². The van der Waals surface area contributed by atoms with E-state index in [0.717, 1.165) is 34.8 Å². The Morgan fingerprint density at radius 2 is 2.00 bits per heavy atom. The van der Waals surface area contributed by atoms with E-state index in [0.29, 0.717) is 28.2 Å². The summed E-state index contributed by atoms with van der Waals surface area (Å²) in [6.45, 7) is 1.82. The average molecular weight is 589 g/mol. The fraction of sp³-hybridized carbons (Fsp3) is 0.385. The predicted octanol–water partition coefficient (Wildman–Crippen LogP) is 4.88. The smallest absolute Gasteiger partial charge is 0.344 e. The maximum atomic E-state index is 13.4. The van der Waals surface area contributed by atoms with Crippen LogP contribution in [0, 0.1) is 3.57 Å². The van der Waals surface area contributed by atoms with Gasteiger partial charge in [0.25, 0.3) is 5.56 Å². The van der Waals surface area contributed by atoms with Crippen molar-refractivity contribution in [3.8, 4) is 11.5 Å². The molecule has 1 fully saturated rings. The Balaban J connectivity index is 1.69. The van der Waals surface area contributed by atoms with Crippen molar-refractivity contribution in [2.75, 3.05) is 20.3 Å². The van der Waals surface area contributed by atoms with Crippen LogP contribution in [0.3, 0.4) is 0 Å². The minimum absolute atomic E-state index is 0.177. The Morgan fingerprint density at radius 3 is 2.74 bits per heavy atom. The maximum Gasteiger partial charge on any atom is 0.344 e. The molecule has 0 bridgehead atoms. The number of methoxy groups -OCH3 is 1. The number of hydrogen-bond acceptors (Lipinski definition) is 7. The first-order valence-electron chi connectivity index (χ1n) is 11.7. The lowest BCUT2D eigenvalue weighted by atomic mass is 9.88. The minimum Gasteiger partial charge on any atom is -0.493 e. The zero-order chi connectivity index (χ0) is 24.8. The molecule has 1 heterocycles. The summed E-state index contributed by atoms with van der Waals surface area (Å²) in [5, 5.41) is 5.13. The summed E-state index contributed by atoms with van der Waals surface area (Å²) >= 11 is 2.12. The largest absolute Gasteiger partial charge is 0.493 e. The second kappa shape index (κ2) is 11.7. The van der Waals surface area contributed by atoms with Crippen LogP contribution in [0.4, 0.5) is 0 Å². The van der Waals surface area contributed by atoms with Gasteiger partial charge in [-0.25, -0.2) is 9.78 Å². The van der Waals surface area contributed by atoms with Gasteiger partial charge in [0.2, 0.25) is 0 Å². The van der Waals surface area contributed by atoms with E-state index in [-0.39, 0.29) is 24.7 Å². The number of halogens is 1. The van der Waals surface area contributed by atoms with Crippen LogP contribution >= 0.6 is 22.6 Å². The topological polar surface area (TPSA) is 92.0 Å². The van der Waals surface area contributed by atoms with E-state index in [1.165, 1.54) is 18.2 Å². The first-order valence-corrected chi connectivity index (χ1v) is 12.8. The number of hydrogen-bond donors (Lipinski definition) is 0. The number of fused-ring (bicyclic) bond motifs is 1. The molecule has 3 aromatic rings.